The fourth-order valence-electron chi connectivity index (χ4n) is 1.32. The van der Waals surface area contributed by atoms with Gasteiger partial charge in [-0.1, -0.05) is 11.6 Å². The van der Waals surface area contributed by atoms with Crippen molar-refractivity contribution in [3.63, 3.8) is 0 Å². The largest absolute Gasteiger partial charge is 0.394 e. The van der Waals surface area contributed by atoms with E-state index in [1.165, 1.54) is 0 Å². The number of nitrogens with zero attached hydrogens (tertiary/aromatic N) is 1. The van der Waals surface area contributed by atoms with Crippen LogP contribution in [0.2, 0.25) is 0 Å². The third-order valence-electron chi connectivity index (χ3n) is 2.60. The van der Waals surface area contributed by atoms with Gasteiger partial charge in [0.2, 0.25) is 0 Å². The highest BCUT2D eigenvalue weighted by atomic mass is 79.9. The number of carbonyl (C=O) groups excluding carboxylic acids is 1. The van der Waals surface area contributed by atoms with Gasteiger partial charge >= 0.3 is 0 Å². The lowest BCUT2D eigenvalue weighted by molar-refractivity contribution is 0.0681. The molecule has 0 spiro atoms. The second kappa shape index (κ2) is 5.46. The summed E-state index contributed by atoms with van der Waals surface area (Å²) in [4.78, 5) is 13.6. The average molecular weight is 286 g/mol. The molecule has 1 aromatic carbocycles. The molecule has 1 N–H and O–H groups in total. The van der Waals surface area contributed by atoms with Crippen molar-refractivity contribution in [1.82, 2.24) is 4.90 Å². The molecule has 1 amide bonds. The number of hydrogen-bond donors (Lipinski definition) is 1. The van der Waals surface area contributed by atoms with Crippen LogP contribution in [0.4, 0.5) is 0 Å². The van der Waals surface area contributed by atoms with E-state index < -0.39 is 0 Å². The molecule has 0 bridgehead atoms. The molecule has 1 rings (SSSR count). The van der Waals surface area contributed by atoms with Crippen LogP contribution in [0.25, 0.3) is 0 Å². The number of carbonyl (C=O) groups is 1. The molecule has 0 saturated heterocycles. The summed E-state index contributed by atoms with van der Waals surface area (Å²) in [6, 6.07) is 5.46. The predicted molar refractivity (Wildman–Crippen MR) is 67.5 cm³/mol. The Hall–Kier alpha value is -0.870. The lowest BCUT2D eigenvalue weighted by Gasteiger charge is -2.23. The van der Waals surface area contributed by atoms with Crippen molar-refractivity contribution in [1.29, 1.82) is 0 Å². The molecule has 1 unspecified atom stereocenters. The monoisotopic (exact) mass is 285 g/mol. The van der Waals surface area contributed by atoms with Crippen molar-refractivity contribution in [2.24, 2.45) is 0 Å². The molecule has 0 radical (unpaired) electrons. The number of hydrogen-bond acceptors (Lipinski definition) is 2. The lowest BCUT2D eigenvalue weighted by Crippen LogP contribution is -2.37. The summed E-state index contributed by atoms with van der Waals surface area (Å²) in [6.45, 7) is 3.71. The Morgan fingerprint density at radius 1 is 1.56 bits per heavy atom. The van der Waals surface area contributed by atoms with Crippen molar-refractivity contribution in [3.05, 3.63) is 33.8 Å². The first-order chi connectivity index (χ1) is 7.47. The minimum atomic E-state index is -0.181. The highest BCUT2D eigenvalue weighted by molar-refractivity contribution is 9.10. The molecule has 0 aliphatic carbocycles. The molecule has 1 aromatic rings. The summed E-state index contributed by atoms with van der Waals surface area (Å²) in [5.41, 5.74) is 1.67. The number of aliphatic hydroxyl groups is 1. The second-order valence-electron chi connectivity index (χ2n) is 3.93. The van der Waals surface area contributed by atoms with Crippen LogP contribution in [0.1, 0.15) is 22.8 Å². The van der Waals surface area contributed by atoms with Crippen LogP contribution < -0.4 is 0 Å². The van der Waals surface area contributed by atoms with Crippen LogP contribution in [0.3, 0.4) is 0 Å². The maximum atomic E-state index is 12.1. The number of halogens is 1. The van der Waals surface area contributed by atoms with Gasteiger partial charge in [0, 0.05) is 11.5 Å². The molecule has 16 heavy (non-hydrogen) atoms. The zero-order valence-electron chi connectivity index (χ0n) is 9.70. The van der Waals surface area contributed by atoms with Gasteiger partial charge in [-0.2, -0.15) is 0 Å². The second-order valence-corrected chi connectivity index (χ2v) is 4.79. The lowest BCUT2D eigenvalue weighted by atomic mass is 10.1. The molecule has 0 aliphatic heterocycles. The minimum absolute atomic E-state index is 0.0360. The molecule has 0 aromatic heterocycles. The molecule has 0 fully saturated rings. The topological polar surface area (TPSA) is 40.5 Å². The average Bonchev–Trinajstić information content (AvgIpc) is 2.29. The molecular weight excluding hydrogens is 270 g/mol. The van der Waals surface area contributed by atoms with Crippen molar-refractivity contribution >= 4 is 21.8 Å². The maximum Gasteiger partial charge on any atom is 0.255 e. The van der Waals surface area contributed by atoms with Gasteiger partial charge in [0.1, 0.15) is 0 Å². The number of aliphatic hydroxyl groups excluding tert-OH is 1. The van der Waals surface area contributed by atoms with E-state index >= 15 is 0 Å². The summed E-state index contributed by atoms with van der Waals surface area (Å²) in [6.07, 6.45) is 0. The third-order valence-corrected chi connectivity index (χ3v) is 3.29. The SMILES string of the molecule is Cc1ccc(Br)c(C(=O)N(C)C(C)CO)c1. The first-order valence-electron chi connectivity index (χ1n) is 5.11. The summed E-state index contributed by atoms with van der Waals surface area (Å²) in [5.74, 6) is -0.0860. The van der Waals surface area contributed by atoms with Gasteiger partial charge in [0.25, 0.3) is 5.91 Å². The third kappa shape index (κ3) is 2.83. The fraction of sp³-hybridized carbons (Fsp3) is 0.417. The van der Waals surface area contributed by atoms with E-state index in [2.05, 4.69) is 15.9 Å². The van der Waals surface area contributed by atoms with Crippen molar-refractivity contribution in [2.75, 3.05) is 13.7 Å². The minimum Gasteiger partial charge on any atom is -0.394 e. The molecule has 1 atom stereocenters. The molecule has 3 nitrogen and oxygen atoms in total. The molecule has 0 saturated carbocycles. The van der Waals surface area contributed by atoms with Crippen LogP contribution in [-0.4, -0.2) is 35.6 Å². The molecule has 4 heteroatoms. The van der Waals surface area contributed by atoms with Crippen molar-refractivity contribution in [2.45, 2.75) is 19.9 Å². The Kier molecular flexibility index (Phi) is 4.50. The first kappa shape index (κ1) is 13.2. The Morgan fingerprint density at radius 3 is 2.75 bits per heavy atom. The molecule has 0 aliphatic rings. The summed E-state index contributed by atoms with van der Waals surface area (Å²) in [5, 5.41) is 9.02. The highest BCUT2D eigenvalue weighted by Gasteiger charge is 2.18. The summed E-state index contributed by atoms with van der Waals surface area (Å²) in [7, 11) is 1.69. The Balaban J connectivity index is 3.00. The summed E-state index contributed by atoms with van der Waals surface area (Å²) < 4.78 is 0.778. The van der Waals surface area contributed by atoms with Crippen LogP contribution >= 0.6 is 15.9 Å². The molecule has 88 valence electrons. The van der Waals surface area contributed by atoms with Crippen LogP contribution in [-0.2, 0) is 0 Å². The van der Waals surface area contributed by atoms with Crippen LogP contribution in [0, 0.1) is 6.92 Å². The van der Waals surface area contributed by atoms with E-state index in [0.717, 1.165) is 10.0 Å². The molecular formula is C12H16BrNO2. The van der Waals surface area contributed by atoms with E-state index in [0.29, 0.717) is 5.56 Å². The van der Waals surface area contributed by atoms with Gasteiger partial charge in [0.05, 0.1) is 18.2 Å². The Morgan fingerprint density at radius 2 is 2.19 bits per heavy atom. The number of benzene rings is 1. The number of rotatable bonds is 3. The molecule has 0 heterocycles. The summed E-state index contributed by atoms with van der Waals surface area (Å²) >= 11 is 3.36. The van der Waals surface area contributed by atoms with Gasteiger partial charge in [-0.15, -0.1) is 0 Å². The van der Waals surface area contributed by atoms with E-state index in [9.17, 15) is 4.79 Å². The smallest absolute Gasteiger partial charge is 0.255 e. The zero-order chi connectivity index (χ0) is 12.3. The predicted octanol–water partition coefficient (Wildman–Crippen LogP) is 2.21. The van der Waals surface area contributed by atoms with Crippen LogP contribution in [0.15, 0.2) is 22.7 Å². The number of likely N-dealkylation sites (N-methyl/N-ethyl adjacent to an activating group) is 1. The fourth-order valence-corrected chi connectivity index (χ4v) is 1.73. The van der Waals surface area contributed by atoms with Gasteiger partial charge in [0.15, 0.2) is 0 Å². The number of aryl methyl sites for hydroxylation is 1. The van der Waals surface area contributed by atoms with Crippen molar-refractivity contribution < 1.29 is 9.90 Å². The van der Waals surface area contributed by atoms with Gasteiger partial charge in [-0.05, 0) is 41.9 Å². The van der Waals surface area contributed by atoms with Crippen LogP contribution in [0.5, 0.6) is 0 Å². The van der Waals surface area contributed by atoms with E-state index in [1.54, 1.807) is 11.9 Å². The van der Waals surface area contributed by atoms with Crippen molar-refractivity contribution in [3.8, 4) is 0 Å². The van der Waals surface area contributed by atoms with Gasteiger partial charge < -0.3 is 10.0 Å². The van der Waals surface area contributed by atoms with E-state index in [1.807, 2.05) is 32.0 Å². The Labute approximate surface area is 104 Å². The first-order valence-corrected chi connectivity index (χ1v) is 5.90. The van der Waals surface area contributed by atoms with Gasteiger partial charge in [-0.25, -0.2) is 0 Å². The normalized spacial score (nSPS) is 12.3. The zero-order valence-corrected chi connectivity index (χ0v) is 11.3. The quantitative estimate of drug-likeness (QED) is 0.925. The maximum absolute atomic E-state index is 12.1. The standard InChI is InChI=1S/C12H16BrNO2/c1-8-4-5-11(13)10(6-8)12(16)14(3)9(2)7-15/h4-6,9,15H,7H2,1-3H3. The van der Waals surface area contributed by atoms with E-state index in [4.69, 9.17) is 5.11 Å². The van der Waals surface area contributed by atoms with E-state index in [-0.39, 0.29) is 18.6 Å². The Bertz CT molecular complexity index is 393. The highest BCUT2D eigenvalue weighted by Crippen LogP contribution is 2.20. The number of amides is 1. The van der Waals surface area contributed by atoms with Gasteiger partial charge in [-0.3, -0.25) is 4.79 Å².